The van der Waals surface area contributed by atoms with Crippen LogP contribution in [0.5, 0.6) is 0 Å². The van der Waals surface area contributed by atoms with Crippen LogP contribution in [0.25, 0.3) is 0 Å². The van der Waals surface area contributed by atoms with Gasteiger partial charge in [0.25, 0.3) is 5.91 Å². The van der Waals surface area contributed by atoms with Crippen molar-refractivity contribution in [2.45, 2.75) is 43.7 Å². The first-order valence-corrected chi connectivity index (χ1v) is 10.3. The fourth-order valence-corrected chi connectivity index (χ4v) is 4.31. The van der Waals surface area contributed by atoms with Crippen molar-refractivity contribution >= 4 is 27.5 Å². The Morgan fingerprint density at radius 3 is 2.54 bits per heavy atom. The van der Waals surface area contributed by atoms with Gasteiger partial charge in [-0.1, -0.05) is 35.9 Å². The van der Waals surface area contributed by atoms with Crippen LogP contribution < -0.4 is 10.0 Å². The predicted octanol–water partition coefficient (Wildman–Crippen LogP) is 3.58. The van der Waals surface area contributed by atoms with Crippen molar-refractivity contribution in [2.24, 2.45) is 0 Å². The van der Waals surface area contributed by atoms with E-state index in [9.17, 15) is 13.2 Å². The summed E-state index contributed by atoms with van der Waals surface area (Å²) in [5, 5.41) is 3.46. The summed E-state index contributed by atoms with van der Waals surface area (Å²) >= 11 is 6.18. The first-order chi connectivity index (χ1) is 12.3. The third kappa shape index (κ3) is 4.26. The zero-order valence-corrected chi connectivity index (χ0v) is 16.2. The molecule has 5 nitrogen and oxygen atoms in total. The molecule has 1 saturated carbocycles. The van der Waals surface area contributed by atoms with Gasteiger partial charge in [-0.2, -0.15) is 0 Å². The van der Waals surface area contributed by atoms with E-state index in [0.717, 1.165) is 18.4 Å². The Morgan fingerprint density at radius 1 is 1.19 bits per heavy atom. The highest BCUT2D eigenvalue weighted by atomic mass is 35.5. The number of hydrogen-bond donors (Lipinski definition) is 2. The molecule has 2 aromatic rings. The Hall–Kier alpha value is -1.89. The SMILES string of the molecule is Cc1ccc(S(=O)(=O)NC2CC2)cc1C(=O)NC(C)c1ccccc1Cl. The summed E-state index contributed by atoms with van der Waals surface area (Å²) < 4.78 is 27.4. The van der Waals surface area contributed by atoms with Crippen molar-refractivity contribution in [1.82, 2.24) is 10.0 Å². The van der Waals surface area contributed by atoms with Gasteiger partial charge in [0.15, 0.2) is 0 Å². The number of hydrogen-bond acceptors (Lipinski definition) is 3. The van der Waals surface area contributed by atoms with E-state index in [4.69, 9.17) is 11.6 Å². The van der Waals surface area contributed by atoms with Gasteiger partial charge in [-0.3, -0.25) is 4.79 Å². The number of carbonyl (C=O) groups is 1. The number of carbonyl (C=O) groups excluding carboxylic acids is 1. The fourth-order valence-electron chi connectivity index (χ4n) is 2.68. The van der Waals surface area contributed by atoms with E-state index >= 15 is 0 Å². The number of sulfonamides is 1. The summed E-state index contributed by atoms with van der Waals surface area (Å²) in [6, 6.07) is 11.6. The highest BCUT2D eigenvalue weighted by Crippen LogP contribution is 2.25. The molecule has 1 atom stereocenters. The number of benzene rings is 2. The molecule has 1 unspecified atom stereocenters. The highest BCUT2D eigenvalue weighted by molar-refractivity contribution is 7.89. The second-order valence-electron chi connectivity index (χ2n) is 6.59. The van der Waals surface area contributed by atoms with Gasteiger partial charge in [0.1, 0.15) is 0 Å². The maximum atomic E-state index is 12.7. The Bertz CT molecular complexity index is 940. The van der Waals surface area contributed by atoms with E-state index in [1.165, 1.54) is 12.1 Å². The van der Waals surface area contributed by atoms with Crippen LogP contribution in [0.3, 0.4) is 0 Å². The first kappa shape index (κ1) is 18.9. The van der Waals surface area contributed by atoms with Crippen LogP contribution in [-0.2, 0) is 10.0 Å². The molecule has 0 spiro atoms. The smallest absolute Gasteiger partial charge is 0.252 e. The number of halogens is 1. The van der Waals surface area contributed by atoms with Crippen LogP contribution in [-0.4, -0.2) is 20.4 Å². The maximum absolute atomic E-state index is 12.7. The van der Waals surface area contributed by atoms with Gasteiger partial charge >= 0.3 is 0 Å². The lowest BCUT2D eigenvalue weighted by molar-refractivity contribution is 0.0939. The zero-order valence-electron chi connectivity index (χ0n) is 14.6. The second-order valence-corrected chi connectivity index (χ2v) is 8.71. The van der Waals surface area contributed by atoms with Crippen molar-refractivity contribution in [3.63, 3.8) is 0 Å². The molecule has 7 heteroatoms. The Balaban J connectivity index is 1.82. The average molecular weight is 393 g/mol. The van der Waals surface area contributed by atoms with Gasteiger partial charge < -0.3 is 5.32 Å². The molecule has 0 saturated heterocycles. The van der Waals surface area contributed by atoms with Gasteiger partial charge in [0, 0.05) is 16.6 Å². The molecule has 1 amide bonds. The second kappa shape index (κ2) is 7.39. The molecule has 26 heavy (non-hydrogen) atoms. The van der Waals surface area contributed by atoms with Crippen LogP contribution in [0.15, 0.2) is 47.4 Å². The number of amides is 1. The van der Waals surface area contributed by atoms with Gasteiger partial charge in [0.2, 0.25) is 10.0 Å². The molecular formula is C19H21ClN2O3S. The fraction of sp³-hybridized carbons (Fsp3) is 0.316. The summed E-state index contributed by atoms with van der Waals surface area (Å²) in [5.41, 5.74) is 1.85. The van der Waals surface area contributed by atoms with E-state index in [-0.39, 0.29) is 22.9 Å². The van der Waals surface area contributed by atoms with Gasteiger partial charge in [0.05, 0.1) is 10.9 Å². The number of rotatable bonds is 6. The highest BCUT2D eigenvalue weighted by Gasteiger charge is 2.28. The minimum Gasteiger partial charge on any atom is -0.345 e. The quantitative estimate of drug-likeness (QED) is 0.788. The first-order valence-electron chi connectivity index (χ1n) is 8.46. The Labute approximate surface area is 158 Å². The monoisotopic (exact) mass is 392 g/mol. The molecule has 0 bridgehead atoms. The van der Waals surface area contributed by atoms with Crippen LogP contribution in [0.2, 0.25) is 5.02 Å². The molecule has 1 aliphatic carbocycles. The standard InChI is InChI=1S/C19H21ClN2O3S/c1-12-7-10-15(26(24,25)22-14-8-9-14)11-17(12)19(23)21-13(2)16-5-3-4-6-18(16)20/h3-7,10-11,13-14,22H,8-9H2,1-2H3,(H,21,23). The van der Waals surface area contributed by atoms with Crippen LogP contribution >= 0.6 is 11.6 Å². The molecule has 138 valence electrons. The molecule has 1 fully saturated rings. The summed E-state index contributed by atoms with van der Waals surface area (Å²) in [5.74, 6) is -0.335. The zero-order chi connectivity index (χ0) is 18.9. The average Bonchev–Trinajstić information content (AvgIpc) is 3.38. The van der Waals surface area contributed by atoms with Gasteiger partial charge in [-0.05, 0) is 56.0 Å². The molecule has 1 aliphatic rings. The molecule has 2 aromatic carbocycles. The minimum atomic E-state index is -3.61. The lowest BCUT2D eigenvalue weighted by Gasteiger charge is -2.17. The van der Waals surface area contributed by atoms with Crippen LogP contribution in [0.1, 0.15) is 47.3 Å². The van der Waals surface area contributed by atoms with E-state index < -0.39 is 10.0 Å². The van der Waals surface area contributed by atoms with Crippen molar-refractivity contribution in [3.8, 4) is 0 Å². The van der Waals surface area contributed by atoms with Gasteiger partial charge in [-0.25, -0.2) is 13.1 Å². The molecule has 0 aromatic heterocycles. The number of aryl methyl sites for hydroxylation is 1. The van der Waals surface area contributed by atoms with Crippen LogP contribution in [0, 0.1) is 6.92 Å². The van der Waals surface area contributed by atoms with Gasteiger partial charge in [-0.15, -0.1) is 0 Å². The molecule has 0 radical (unpaired) electrons. The number of nitrogens with one attached hydrogen (secondary N) is 2. The third-order valence-corrected chi connectivity index (χ3v) is 6.24. The normalized spacial score (nSPS) is 15.5. The van der Waals surface area contributed by atoms with E-state index in [1.54, 1.807) is 19.1 Å². The molecule has 0 aliphatic heterocycles. The lowest BCUT2D eigenvalue weighted by Crippen LogP contribution is -2.29. The largest absolute Gasteiger partial charge is 0.345 e. The van der Waals surface area contributed by atoms with Crippen molar-refractivity contribution in [3.05, 3.63) is 64.2 Å². The molecule has 2 N–H and O–H groups in total. The minimum absolute atomic E-state index is 0.0128. The third-order valence-electron chi connectivity index (χ3n) is 4.38. The summed E-state index contributed by atoms with van der Waals surface area (Å²) in [7, 11) is -3.61. The molecular weight excluding hydrogens is 372 g/mol. The lowest BCUT2D eigenvalue weighted by atomic mass is 10.1. The molecule has 3 rings (SSSR count). The van der Waals surface area contributed by atoms with Crippen molar-refractivity contribution in [2.75, 3.05) is 0 Å². The Morgan fingerprint density at radius 2 is 1.88 bits per heavy atom. The van der Waals surface area contributed by atoms with E-state index in [0.29, 0.717) is 16.1 Å². The predicted molar refractivity (Wildman–Crippen MR) is 102 cm³/mol. The van der Waals surface area contributed by atoms with Crippen molar-refractivity contribution < 1.29 is 13.2 Å². The maximum Gasteiger partial charge on any atom is 0.252 e. The summed E-state index contributed by atoms with van der Waals surface area (Å²) in [6.07, 6.45) is 1.71. The Kier molecular flexibility index (Phi) is 5.37. The topological polar surface area (TPSA) is 75.3 Å². The van der Waals surface area contributed by atoms with E-state index in [1.807, 2.05) is 25.1 Å². The summed E-state index contributed by atoms with van der Waals surface area (Å²) in [4.78, 5) is 12.8. The molecule has 0 heterocycles. The van der Waals surface area contributed by atoms with Crippen LogP contribution in [0.4, 0.5) is 0 Å². The summed E-state index contributed by atoms with van der Waals surface area (Å²) in [6.45, 7) is 3.61. The van der Waals surface area contributed by atoms with E-state index in [2.05, 4.69) is 10.0 Å². The van der Waals surface area contributed by atoms with Crippen molar-refractivity contribution in [1.29, 1.82) is 0 Å².